The van der Waals surface area contributed by atoms with Gasteiger partial charge in [-0.15, -0.1) is 0 Å². The van der Waals surface area contributed by atoms with E-state index in [1.54, 1.807) is 18.3 Å². The Morgan fingerprint density at radius 3 is 2.60 bits per heavy atom. The van der Waals surface area contributed by atoms with Crippen LogP contribution < -0.4 is 15.2 Å². The summed E-state index contributed by atoms with van der Waals surface area (Å²) in [5.41, 5.74) is 0.780. The molecule has 1 aromatic carbocycles. The summed E-state index contributed by atoms with van der Waals surface area (Å²) in [7, 11) is 1.29. The van der Waals surface area contributed by atoms with E-state index in [4.69, 9.17) is 5.14 Å². The maximum Gasteiger partial charge on any atom is 0.227 e. The molecule has 1 aliphatic carbocycles. The first-order valence-corrected chi connectivity index (χ1v) is 11.0. The van der Waals surface area contributed by atoms with E-state index in [1.807, 2.05) is 13.8 Å². The lowest BCUT2D eigenvalue weighted by Gasteiger charge is -2.11. The van der Waals surface area contributed by atoms with Crippen LogP contribution in [0.1, 0.15) is 46.5 Å². The summed E-state index contributed by atoms with van der Waals surface area (Å²) in [6.07, 6.45) is 6.04. The van der Waals surface area contributed by atoms with Crippen LogP contribution in [0, 0.1) is 23.5 Å². The van der Waals surface area contributed by atoms with E-state index in [0.29, 0.717) is 10.9 Å². The second-order valence-electron chi connectivity index (χ2n) is 6.53. The monoisotopic (exact) mass is 439 g/mol. The number of methoxy groups -OCH3 is 1. The molecule has 2 aromatic rings. The van der Waals surface area contributed by atoms with Crippen LogP contribution >= 0.6 is 11.9 Å². The van der Waals surface area contributed by atoms with E-state index in [0.717, 1.165) is 36.5 Å². The van der Waals surface area contributed by atoms with Gasteiger partial charge in [0.25, 0.3) is 0 Å². The maximum absolute atomic E-state index is 12.5. The molecule has 1 aliphatic rings. The number of benzene rings is 1. The number of rotatable bonds is 5. The Morgan fingerprint density at radius 1 is 1.30 bits per heavy atom. The topological polar surface area (TPSA) is 77.2 Å². The van der Waals surface area contributed by atoms with E-state index in [9.17, 15) is 13.6 Å². The number of carbonyl (C=O) groups is 1. The number of pyridine rings is 1. The van der Waals surface area contributed by atoms with Crippen molar-refractivity contribution in [1.82, 2.24) is 4.98 Å². The summed E-state index contributed by atoms with van der Waals surface area (Å²) in [4.78, 5) is 16.2. The fourth-order valence-corrected chi connectivity index (χ4v) is 3.44. The fraction of sp³-hybridized carbons (Fsp3) is 0.455. The van der Waals surface area contributed by atoms with Crippen molar-refractivity contribution in [2.24, 2.45) is 17.0 Å². The lowest BCUT2D eigenvalue weighted by molar-refractivity contribution is -0.119. The molecule has 166 valence electrons. The van der Waals surface area contributed by atoms with E-state index >= 15 is 0 Å². The number of hydrogen-bond donors (Lipinski definition) is 2. The number of ether oxygens (including phenoxy) is 1. The van der Waals surface area contributed by atoms with Gasteiger partial charge in [-0.3, -0.25) is 9.93 Å². The number of halogens is 2. The minimum Gasteiger partial charge on any atom is -0.494 e. The van der Waals surface area contributed by atoms with Gasteiger partial charge in [-0.2, -0.15) is 4.39 Å². The molecule has 2 unspecified atom stereocenters. The Morgan fingerprint density at radius 2 is 2.03 bits per heavy atom. The smallest absolute Gasteiger partial charge is 0.227 e. The summed E-state index contributed by atoms with van der Waals surface area (Å²) < 4.78 is 29.3. The van der Waals surface area contributed by atoms with E-state index in [1.165, 1.54) is 32.1 Å². The average molecular weight is 440 g/mol. The summed E-state index contributed by atoms with van der Waals surface area (Å²) >= 11 is 1.08. The first-order chi connectivity index (χ1) is 14.5. The molecule has 3 rings (SSSR count). The molecule has 1 saturated carbocycles. The van der Waals surface area contributed by atoms with Crippen LogP contribution in [-0.2, 0) is 4.79 Å². The van der Waals surface area contributed by atoms with Gasteiger partial charge in [-0.05, 0) is 61.4 Å². The molecular formula is C22H31F2N3O2S. The number of nitrogens with one attached hydrogen (secondary N) is 1. The molecule has 0 aliphatic heterocycles. The van der Waals surface area contributed by atoms with Gasteiger partial charge in [-0.1, -0.05) is 33.3 Å². The molecule has 2 atom stereocenters. The van der Waals surface area contributed by atoms with Gasteiger partial charge in [0.1, 0.15) is 5.03 Å². The summed E-state index contributed by atoms with van der Waals surface area (Å²) in [5, 5.41) is 9.12. The Bertz CT molecular complexity index is 793. The molecule has 0 bridgehead atoms. The van der Waals surface area contributed by atoms with E-state index in [2.05, 4.69) is 22.0 Å². The first-order valence-electron chi connectivity index (χ1n) is 10.1. The second kappa shape index (κ2) is 13.9. The maximum atomic E-state index is 12.5. The van der Waals surface area contributed by atoms with E-state index in [-0.39, 0.29) is 17.6 Å². The van der Waals surface area contributed by atoms with Crippen LogP contribution in [0.4, 0.5) is 14.5 Å². The van der Waals surface area contributed by atoms with Crippen molar-refractivity contribution >= 4 is 23.5 Å². The Labute approximate surface area is 181 Å². The Balaban J connectivity index is 0.000000318. The van der Waals surface area contributed by atoms with Gasteiger partial charge in [0.15, 0.2) is 11.6 Å². The van der Waals surface area contributed by atoms with Crippen molar-refractivity contribution in [3.8, 4) is 5.75 Å². The number of amides is 1. The number of anilines is 1. The summed E-state index contributed by atoms with van der Waals surface area (Å²) in [5.74, 6) is -0.889. The molecule has 1 amide bonds. The average Bonchev–Trinajstić information content (AvgIpc) is 3.27. The van der Waals surface area contributed by atoms with Crippen molar-refractivity contribution in [3.05, 3.63) is 48.2 Å². The van der Waals surface area contributed by atoms with Crippen molar-refractivity contribution in [2.75, 3.05) is 12.4 Å². The normalized spacial score (nSPS) is 17.2. The molecule has 0 spiro atoms. The summed E-state index contributed by atoms with van der Waals surface area (Å²) in [6, 6.07) is 7.38. The predicted octanol–water partition coefficient (Wildman–Crippen LogP) is 5.81. The number of hydrogen-bond acceptors (Lipinski definition) is 5. The van der Waals surface area contributed by atoms with Crippen molar-refractivity contribution < 1.29 is 18.3 Å². The van der Waals surface area contributed by atoms with Crippen LogP contribution in [-0.4, -0.2) is 18.0 Å². The van der Waals surface area contributed by atoms with Gasteiger partial charge in [0, 0.05) is 17.8 Å². The lowest BCUT2D eigenvalue weighted by Crippen LogP contribution is -2.20. The standard InChI is InChI=1S/C13H19N3OS.C7H6F2O.C2H6/c1-2-9-3-4-10(7-9)13(17)16-11-5-6-15-12(8-11)18-14;1-10-6-4-2-3-5(8)7(6)9;1-2/h5-6,8-10H,2-4,7,14H2,1H3,(H,15,16,17);2-4H,1H3;1-2H3. The van der Waals surface area contributed by atoms with Gasteiger partial charge >= 0.3 is 0 Å². The second-order valence-corrected chi connectivity index (χ2v) is 7.18. The fourth-order valence-electron chi connectivity index (χ4n) is 3.12. The third-order valence-electron chi connectivity index (χ3n) is 4.75. The minimum atomic E-state index is -0.940. The SMILES string of the molecule is CC.CCC1CCC(C(=O)Nc2ccnc(SN)c2)C1.COc1cccc(F)c1F. The van der Waals surface area contributed by atoms with Crippen molar-refractivity contribution in [3.63, 3.8) is 0 Å². The molecule has 1 aromatic heterocycles. The predicted molar refractivity (Wildman–Crippen MR) is 118 cm³/mol. The highest BCUT2D eigenvalue weighted by molar-refractivity contribution is 7.97. The van der Waals surface area contributed by atoms with Crippen molar-refractivity contribution in [2.45, 2.75) is 51.5 Å². The van der Waals surface area contributed by atoms with Crippen LogP contribution in [0.15, 0.2) is 41.6 Å². The number of nitrogens with zero attached hydrogens (tertiary/aromatic N) is 1. The third kappa shape index (κ3) is 7.91. The zero-order chi connectivity index (χ0) is 22.5. The quantitative estimate of drug-likeness (QED) is 0.575. The van der Waals surface area contributed by atoms with E-state index < -0.39 is 11.6 Å². The van der Waals surface area contributed by atoms with Crippen LogP contribution in [0.5, 0.6) is 5.75 Å². The zero-order valence-corrected chi connectivity index (χ0v) is 18.8. The highest BCUT2D eigenvalue weighted by Gasteiger charge is 2.28. The third-order valence-corrected chi connectivity index (χ3v) is 5.21. The highest BCUT2D eigenvalue weighted by atomic mass is 32.2. The zero-order valence-electron chi connectivity index (χ0n) is 18.0. The lowest BCUT2D eigenvalue weighted by atomic mass is 10.0. The molecule has 1 heterocycles. The van der Waals surface area contributed by atoms with Crippen LogP contribution in [0.2, 0.25) is 0 Å². The molecule has 5 nitrogen and oxygen atoms in total. The molecule has 1 fully saturated rings. The van der Waals surface area contributed by atoms with Crippen LogP contribution in [0.25, 0.3) is 0 Å². The molecule has 8 heteroatoms. The Kier molecular flexibility index (Phi) is 12.0. The van der Waals surface area contributed by atoms with Gasteiger partial charge < -0.3 is 10.1 Å². The van der Waals surface area contributed by atoms with Gasteiger partial charge in [-0.25, -0.2) is 9.37 Å². The molecule has 30 heavy (non-hydrogen) atoms. The first kappa shape index (κ1) is 25.8. The number of nitrogens with two attached hydrogens (primary N) is 1. The molecule has 0 saturated heterocycles. The molecule has 3 N–H and O–H groups in total. The number of carbonyl (C=O) groups excluding carboxylic acids is 1. The van der Waals surface area contributed by atoms with Gasteiger partial charge in [0.2, 0.25) is 11.7 Å². The minimum absolute atomic E-state index is 0.0694. The largest absolute Gasteiger partial charge is 0.494 e. The highest BCUT2D eigenvalue weighted by Crippen LogP contribution is 2.33. The molecule has 0 radical (unpaired) electrons. The van der Waals surface area contributed by atoms with Crippen molar-refractivity contribution in [1.29, 1.82) is 0 Å². The molecular weight excluding hydrogens is 408 g/mol. The summed E-state index contributed by atoms with van der Waals surface area (Å²) in [6.45, 7) is 6.19. The Hall–Kier alpha value is -2.19. The number of aromatic nitrogens is 1. The van der Waals surface area contributed by atoms with Crippen LogP contribution in [0.3, 0.4) is 0 Å². The van der Waals surface area contributed by atoms with Gasteiger partial charge in [0.05, 0.1) is 7.11 Å².